The molecule has 2 aliphatic rings. The Bertz CT molecular complexity index is 708. The highest BCUT2D eigenvalue weighted by Crippen LogP contribution is 2.20. The minimum Gasteiger partial charge on any atom is -0.352 e. The van der Waals surface area contributed by atoms with Gasteiger partial charge in [0.15, 0.2) is 9.84 Å². The Labute approximate surface area is 142 Å². The number of hydrogen-bond donors (Lipinski definition) is 1. The van der Waals surface area contributed by atoms with Crippen LogP contribution in [-0.2, 0) is 21.2 Å². The number of rotatable bonds is 4. The molecule has 2 aliphatic heterocycles. The average Bonchev–Trinajstić information content (AvgIpc) is 2.86. The summed E-state index contributed by atoms with van der Waals surface area (Å²) in [6.07, 6.45) is 2.23. The van der Waals surface area contributed by atoms with Crippen molar-refractivity contribution in [2.24, 2.45) is 5.92 Å². The third kappa shape index (κ3) is 4.54. The van der Waals surface area contributed by atoms with Crippen LogP contribution in [0.3, 0.4) is 0 Å². The molecule has 0 radical (unpaired) electrons. The maximum Gasteiger partial charge on any atom is 0.224 e. The molecule has 0 saturated carbocycles. The summed E-state index contributed by atoms with van der Waals surface area (Å²) in [7, 11) is -2.99. The van der Waals surface area contributed by atoms with Crippen molar-refractivity contribution in [3.8, 4) is 0 Å². The van der Waals surface area contributed by atoms with E-state index in [1.54, 1.807) is 6.07 Å². The third-order valence-corrected chi connectivity index (χ3v) is 6.52. The summed E-state index contributed by atoms with van der Waals surface area (Å²) in [5.41, 5.74) is 0.901. The maximum atomic E-state index is 13.3. The van der Waals surface area contributed by atoms with Crippen LogP contribution in [0.4, 0.5) is 4.39 Å². The minimum absolute atomic E-state index is 0.0540. The maximum absolute atomic E-state index is 13.3. The summed E-state index contributed by atoms with van der Waals surface area (Å²) in [6, 6.07) is 6.27. The van der Waals surface area contributed by atoms with Crippen molar-refractivity contribution in [1.29, 1.82) is 0 Å². The Morgan fingerprint density at radius 2 is 2.17 bits per heavy atom. The molecule has 0 bridgehead atoms. The number of hydrogen-bond acceptors (Lipinski definition) is 4. The van der Waals surface area contributed by atoms with Crippen LogP contribution in [0.25, 0.3) is 0 Å². The van der Waals surface area contributed by atoms with E-state index >= 15 is 0 Å². The highest BCUT2D eigenvalue weighted by atomic mass is 32.2. The van der Waals surface area contributed by atoms with Crippen molar-refractivity contribution in [1.82, 2.24) is 10.2 Å². The molecule has 1 N–H and O–H groups in total. The van der Waals surface area contributed by atoms with Crippen molar-refractivity contribution in [3.05, 3.63) is 35.6 Å². The van der Waals surface area contributed by atoms with Crippen LogP contribution < -0.4 is 5.32 Å². The molecule has 132 valence electrons. The lowest BCUT2D eigenvalue weighted by atomic mass is 9.96. The lowest BCUT2D eigenvalue weighted by Gasteiger charge is -2.32. The third-order valence-electron chi connectivity index (χ3n) is 4.75. The molecule has 2 saturated heterocycles. The molecule has 2 fully saturated rings. The number of amides is 1. The first kappa shape index (κ1) is 17.4. The molecule has 5 nitrogen and oxygen atoms in total. The number of nitrogens with one attached hydrogen (secondary N) is 1. The largest absolute Gasteiger partial charge is 0.352 e. The monoisotopic (exact) mass is 354 g/mol. The summed E-state index contributed by atoms with van der Waals surface area (Å²) in [4.78, 5) is 14.6. The van der Waals surface area contributed by atoms with Gasteiger partial charge in [0.25, 0.3) is 0 Å². The van der Waals surface area contributed by atoms with Crippen molar-refractivity contribution >= 4 is 15.7 Å². The van der Waals surface area contributed by atoms with Crippen LogP contribution >= 0.6 is 0 Å². The number of nitrogens with zero attached hydrogens (tertiary/aromatic N) is 1. The summed E-state index contributed by atoms with van der Waals surface area (Å²) in [5, 5.41) is 2.89. The molecule has 2 heterocycles. The van der Waals surface area contributed by atoms with Gasteiger partial charge >= 0.3 is 0 Å². The van der Waals surface area contributed by atoms with E-state index in [0.29, 0.717) is 19.5 Å². The number of piperidine rings is 1. The van der Waals surface area contributed by atoms with Crippen molar-refractivity contribution in [2.75, 3.05) is 24.6 Å². The molecule has 1 aromatic rings. The van der Waals surface area contributed by atoms with E-state index in [4.69, 9.17) is 0 Å². The zero-order valence-corrected chi connectivity index (χ0v) is 14.4. The van der Waals surface area contributed by atoms with Gasteiger partial charge in [-0.05, 0) is 43.5 Å². The van der Waals surface area contributed by atoms with E-state index in [1.807, 2.05) is 6.07 Å². The van der Waals surface area contributed by atoms with Gasteiger partial charge in [0.2, 0.25) is 5.91 Å². The molecule has 0 aromatic heterocycles. The molecule has 2 atom stereocenters. The Balaban J connectivity index is 1.54. The fraction of sp³-hybridized carbons (Fsp3) is 0.588. The second-order valence-corrected chi connectivity index (χ2v) is 9.04. The second-order valence-electron chi connectivity index (χ2n) is 6.81. The van der Waals surface area contributed by atoms with Crippen molar-refractivity contribution in [3.63, 3.8) is 0 Å². The van der Waals surface area contributed by atoms with Gasteiger partial charge in [0, 0.05) is 19.1 Å². The zero-order chi connectivity index (χ0) is 17.2. The highest BCUT2D eigenvalue weighted by molar-refractivity contribution is 7.91. The van der Waals surface area contributed by atoms with E-state index in [2.05, 4.69) is 10.2 Å². The normalized spacial score (nSPS) is 27.0. The number of carbonyl (C=O) groups is 1. The van der Waals surface area contributed by atoms with Gasteiger partial charge in [0.05, 0.1) is 17.4 Å². The van der Waals surface area contributed by atoms with Crippen LogP contribution in [0.2, 0.25) is 0 Å². The fourth-order valence-corrected chi connectivity index (χ4v) is 5.21. The minimum atomic E-state index is -2.99. The van der Waals surface area contributed by atoms with Crippen molar-refractivity contribution in [2.45, 2.75) is 31.8 Å². The van der Waals surface area contributed by atoms with E-state index in [0.717, 1.165) is 24.9 Å². The molecule has 0 unspecified atom stereocenters. The summed E-state index contributed by atoms with van der Waals surface area (Å²) in [6.45, 7) is 2.14. The van der Waals surface area contributed by atoms with E-state index < -0.39 is 9.84 Å². The van der Waals surface area contributed by atoms with Gasteiger partial charge in [0.1, 0.15) is 5.82 Å². The van der Waals surface area contributed by atoms with E-state index in [1.165, 1.54) is 12.1 Å². The SMILES string of the molecule is O=C(N[C@H]1CCS(=O)(=O)C1)[C@H]1CCCN(Cc2cccc(F)c2)C1. The van der Waals surface area contributed by atoms with Crippen LogP contribution in [0.5, 0.6) is 0 Å². The van der Waals surface area contributed by atoms with E-state index in [-0.39, 0.29) is 35.2 Å². The number of benzene rings is 1. The molecule has 24 heavy (non-hydrogen) atoms. The quantitative estimate of drug-likeness (QED) is 0.886. The fourth-order valence-electron chi connectivity index (χ4n) is 3.53. The van der Waals surface area contributed by atoms with Gasteiger partial charge in [-0.2, -0.15) is 0 Å². The van der Waals surface area contributed by atoms with Crippen molar-refractivity contribution < 1.29 is 17.6 Å². The van der Waals surface area contributed by atoms with Gasteiger partial charge in [-0.1, -0.05) is 12.1 Å². The molecule has 7 heteroatoms. The smallest absolute Gasteiger partial charge is 0.224 e. The first-order valence-corrected chi connectivity index (χ1v) is 10.2. The average molecular weight is 354 g/mol. The topological polar surface area (TPSA) is 66.5 Å². The van der Waals surface area contributed by atoms with Gasteiger partial charge < -0.3 is 5.32 Å². The summed E-state index contributed by atoms with van der Waals surface area (Å²) < 4.78 is 36.3. The Hall–Kier alpha value is -1.47. The summed E-state index contributed by atoms with van der Waals surface area (Å²) >= 11 is 0. The summed E-state index contributed by atoms with van der Waals surface area (Å²) in [5.74, 6) is -0.217. The first-order chi connectivity index (χ1) is 11.4. The Morgan fingerprint density at radius 3 is 2.88 bits per heavy atom. The Morgan fingerprint density at radius 1 is 1.33 bits per heavy atom. The molecule has 1 aromatic carbocycles. The molecular weight excluding hydrogens is 331 g/mol. The predicted molar refractivity (Wildman–Crippen MR) is 89.6 cm³/mol. The number of likely N-dealkylation sites (tertiary alicyclic amines) is 1. The van der Waals surface area contributed by atoms with Crippen LogP contribution in [-0.4, -0.2) is 49.9 Å². The number of halogens is 1. The van der Waals surface area contributed by atoms with E-state index in [9.17, 15) is 17.6 Å². The first-order valence-electron chi connectivity index (χ1n) is 8.39. The highest BCUT2D eigenvalue weighted by Gasteiger charge is 2.32. The van der Waals surface area contributed by atoms with Crippen LogP contribution in [0.15, 0.2) is 24.3 Å². The second kappa shape index (κ2) is 7.19. The number of sulfone groups is 1. The molecule has 0 spiro atoms. The molecule has 3 rings (SSSR count). The standard InChI is InChI=1S/C17H23FN2O3S/c18-15-5-1-3-13(9-15)10-20-7-2-4-14(11-20)17(21)19-16-6-8-24(22,23)12-16/h1,3,5,9,14,16H,2,4,6-8,10-12H2,(H,19,21)/t14-,16-/m0/s1. The molecule has 1 amide bonds. The molecular formula is C17H23FN2O3S. The van der Waals surface area contributed by atoms with Gasteiger partial charge in [-0.25, -0.2) is 12.8 Å². The lowest BCUT2D eigenvalue weighted by molar-refractivity contribution is -0.127. The van der Waals surface area contributed by atoms with Gasteiger partial charge in [-0.3, -0.25) is 9.69 Å². The Kier molecular flexibility index (Phi) is 5.20. The predicted octanol–water partition coefficient (Wildman–Crippen LogP) is 1.34. The zero-order valence-electron chi connectivity index (χ0n) is 13.6. The van der Waals surface area contributed by atoms with Gasteiger partial charge in [-0.15, -0.1) is 0 Å². The molecule has 0 aliphatic carbocycles. The lowest BCUT2D eigenvalue weighted by Crippen LogP contribution is -2.46. The van der Waals surface area contributed by atoms with Crippen LogP contribution in [0.1, 0.15) is 24.8 Å². The number of carbonyl (C=O) groups excluding carboxylic acids is 1. The van der Waals surface area contributed by atoms with Crippen LogP contribution in [0, 0.1) is 11.7 Å².